The molecule has 5 nitrogen and oxygen atoms in total. The topological polar surface area (TPSA) is 55.8 Å². The van der Waals surface area contributed by atoms with E-state index < -0.39 is 12.1 Å². The molecular formula is C13H13BrClNO4. The van der Waals surface area contributed by atoms with E-state index in [1.165, 1.54) is 7.11 Å². The van der Waals surface area contributed by atoms with Gasteiger partial charge in [0.05, 0.1) is 25.8 Å². The molecule has 108 valence electrons. The highest BCUT2D eigenvalue weighted by Crippen LogP contribution is 2.23. The highest BCUT2D eigenvalue weighted by molar-refractivity contribution is 9.10. The lowest BCUT2D eigenvalue weighted by molar-refractivity contribution is -0.158. The molecule has 0 bridgehead atoms. The first-order chi connectivity index (χ1) is 9.52. The Morgan fingerprint density at radius 2 is 2.25 bits per heavy atom. The van der Waals surface area contributed by atoms with Gasteiger partial charge in [-0.25, -0.2) is 4.79 Å². The molecular weight excluding hydrogens is 350 g/mol. The number of benzene rings is 1. The number of morpholine rings is 1. The van der Waals surface area contributed by atoms with Crippen LogP contribution in [-0.4, -0.2) is 49.7 Å². The molecule has 1 aromatic rings. The minimum atomic E-state index is -0.733. The quantitative estimate of drug-likeness (QED) is 0.756. The number of ether oxygens (including phenoxy) is 2. The van der Waals surface area contributed by atoms with E-state index >= 15 is 0 Å². The van der Waals surface area contributed by atoms with E-state index in [0.29, 0.717) is 28.2 Å². The van der Waals surface area contributed by atoms with Gasteiger partial charge in [0.1, 0.15) is 0 Å². The first-order valence-electron chi connectivity index (χ1n) is 5.96. The molecule has 1 fully saturated rings. The summed E-state index contributed by atoms with van der Waals surface area (Å²) in [5, 5.41) is 0.544. The smallest absolute Gasteiger partial charge is 0.336 e. The normalized spacial score (nSPS) is 18.8. The van der Waals surface area contributed by atoms with E-state index in [-0.39, 0.29) is 12.5 Å². The third-order valence-corrected chi connectivity index (χ3v) is 3.87. The van der Waals surface area contributed by atoms with Crippen molar-refractivity contribution in [3.05, 3.63) is 33.3 Å². The number of amides is 1. The Morgan fingerprint density at radius 1 is 1.50 bits per heavy atom. The Morgan fingerprint density at radius 3 is 2.90 bits per heavy atom. The first kappa shape index (κ1) is 15.3. The zero-order valence-corrected chi connectivity index (χ0v) is 13.1. The van der Waals surface area contributed by atoms with Crippen LogP contribution in [-0.2, 0) is 14.3 Å². The molecule has 7 heteroatoms. The van der Waals surface area contributed by atoms with Crippen molar-refractivity contribution >= 4 is 39.4 Å². The molecule has 1 unspecified atom stereocenters. The summed E-state index contributed by atoms with van der Waals surface area (Å²) in [5.41, 5.74) is 0.500. The van der Waals surface area contributed by atoms with Crippen LogP contribution in [0.1, 0.15) is 10.4 Å². The molecule has 1 heterocycles. The summed E-state index contributed by atoms with van der Waals surface area (Å²) in [4.78, 5) is 25.5. The van der Waals surface area contributed by atoms with Crippen molar-refractivity contribution in [2.75, 3.05) is 26.8 Å². The third-order valence-electron chi connectivity index (χ3n) is 2.98. The lowest BCUT2D eigenvalue weighted by Crippen LogP contribution is -2.49. The highest BCUT2D eigenvalue weighted by atomic mass is 79.9. The maximum atomic E-state index is 12.4. The van der Waals surface area contributed by atoms with Crippen LogP contribution in [0.25, 0.3) is 0 Å². The van der Waals surface area contributed by atoms with Crippen molar-refractivity contribution in [1.29, 1.82) is 0 Å². The largest absolute Gasteiger partial charge is 0.467 e. The van der Waals surface area contributed by atoms with Crippen molar-refractivity contribution in [3.8, 4) is 0 Å². The average molecular weight is 363 g/mol. The van der Waals surface area contributed by atoms with Crippen LogP contribution in [0, 0.1) is 0 Å². The Kier molecular flexibility index (Phi) is 5.01. The van der Waals surface area contributed by atoms with Crippen molar-refractivity contribution in [3.63, 3.8) is 0 Å². The molecule has 0 spiro atoms. The van der Waals surface area contributed by atoms with Crippen LogP contribution in [0.3, 0.4) is 0 Å². The minimum Gasteiger partial charge on any atom is -0.467 e. The highest BCUT2D eigenvalue weighted by Gasteiger charge is 2.30. The van der Waals surface area contributed by atoms with E-state index in [4.69, 9.17) is 16.3 Å². The van der Waals surface area contributed by atoms with Gasteiger partial charge in [-0.1, -0.05) is 11.6 Å². The second-order valence-electron chi connectivity index (χ2n) is 4.26. The van der Waals surface area contributed by atoms with Gasteiger partial charge >= 0.3 is 5.97 Å². The monoisotopic (exact) mass is 361 g/mol. The molecule has 1 atom stereocenters. The van der Waals surface area contributed by atoms with Crippen LogP contribution < -0.4 is 0 Å². The fourth-order valence-corrected chi connectivity index (χ4v) is 2.79. The van der Waals surface area contributed by atoms with Gasteiger partial charge in [-0.15, -0.1) is 0 Å². The number of methoxy groups -OCH3 is 1. The molecule has 1 amide bonds. The van der Waals surface area contributed by atoms with Crippen molar-refractivity contribution in [1.82, 2.24) is 4.90 Å². The number of esters is 1. The van der Waals surface area contributed by atoms with Gasteiger partial charge < -0.3 is 14.4 Å². The van der Waals surface area contributed by atoms with Gasteiger partial charge in [-0.05, 0) is 34.1 Å². The zero-order chi connectivity index (χ0) is 14.7. The number of nitrogens with zero attached hydrogens (tertiary/aromatic N) is 1. The minimum absolute atomic E-state index is 0.175. The fourth-order valence-electron chi connectivity index (χ4n) is 1.94. The molecule has 1 aromatic carbocycles. The maximum Gasteiger partial charge on any atom is 0.336 e. The van der Waals surface area contributed by atoms with Crippen LogP contribution in [0.15, 0.2) is 22.7 Å². The van der Waals surface area contributed by atoms with E-state index in [1.807, 2.05) is 0 Å². The van der Waals surface area contributed by atoms with Crippen LogP contribution in [0.2, 0.25) is 5.02 Å². The van der Waals surface area contributed by atoms with Gasteiger partial charge in [0, 0.05) is 16.0 Å². The lowest BCUT2D eigenvalue weighted by atomic mass is 10.1. The van der Waals surface area contributed by atoms with E-state index in [2.05, 4.69) is 20.7 Å². The molecule has 1 aliphatic rings. The van der Waals surface area contributed by atoms with E-state index in [9.17, 15) is 9.59 Å². The second kappa shape index (κ2) is 6.56. The predicted octanol–water partition coefficient (Wildman–Crippen LogP) is 2.12. The van der Waals surface area contributed by atoms with Gasteiger partial charge in [-0.3, -0.25) is 4.79 Å². The lowest BCUT2D eigenvalue weighted by Gasteiger charge is -2.31. The van der Waals surface area contributed by atoms with Gasteiger partial charge in [0.15, 0.2) is 6.10 Å². The van der Waals surface area contributed by atoms with Crippen LogP contribution in [0.4, 0.5) is 0 Å². The summed E-state index contributed by atoms with van der Waals surface area (Å²) in [6.45, 7) is 0.915. The van der Waals surface area contributed by atoms with Crippen LogP contribution >= 0.6 is 27.5 Å². The summed E-state index contributed by atoms with van der Waals surface area (Å²) in [6, 6.07) is 4.96. The summed E-state index contributed by atoms with van der Waals surface area (Å²) in [5.74, 6) is -0.650. The molecule has 2 rings (SSSR count). The molecule has 20 heavy (non-hydrogen) atoms. The molecule has 1 aliphatic heterocycles. The molecule has 0 N–H and O–H groups in total. The number of hydrogen-bond donors (Lipinski definition) is 0. The summed E-state index contributed by atoms with van der Waals surface area (Å²) < 4.78 is 10.6. The number of hydrogen-bond acceptors (Lipinski definition) is 4. The number of rotatable bonds is 2. The summed E-state index contributed by atoms with van der Waals surface area (Å²) in [6.07, 6.45) is -0.733. The van der Waals surface area contributed by atoms with Crippen molar-refractivity contribution < 1.29 is 19.1 Å². The molecule has 0 saturated carbocycles. The van der Waals surface area contributed by atoms with Crippen LogP contribution in [0.5, 0.6) is 0 Å². The Bertz CT molecular complexity index is 537. The Labute approximate surface area is 129 Å². The standard InChI is InChI=1S/C13H13BrClNO4/c1-19-13(18)11-7-16(4-5-20-11)12(17)9-3-2-8(15)6-10(9)14/h2-3,6,11H,4-5,7H2,1H3. The SMILES string of the molecule is COC(=O)C1CN(C(=O)c2ccc(Cl)cc2Br)CCO1. The Hall–Kier alpha value is -1.11. The van der Waals surface area contributed by atoms with Gasteiger partial charge in [0.25, 0.3) is 5.91 Å². The number of carbonyl (C=O) groups is 2. The van der Waals surface area contributed by atoms with Gasteiger partial charge in [0.2, 0.25) is 0 Å². The average Bonchev–Trinajstić information content (AvgIpc) is 2.46. The Balaban J connectivity index is 2.14. The fraction of sp³-hybridized carbons (Fsp3) is 0.385. The maximum absolute atomic E-state index is 12.4. The molecule has 0 aromatic heterocycles. The second-order valence-corrected chi connectivity index (χ2v) is 5.55. The van der Waals surface area contributed by atoms with Crippen molar-refractivity contribution in [2.24, 2.45) is 0 Å². The zero-order valence-electron chi connectivity index (χ0n) is 10.8. The molecule has 0 aliphatic carbocycles. The summed E-state index contributed by atoms with van der Waals surface area (Å²) >= 11 is 9.17. The first-order valence-corrected chi connectivity index (χ1v) is 7.13. The molecule has 0 radical (unpaired) electrons. The third kappa shape index (κ3) is 3.31. The number of halogens is 2. The predicted molar refractivity (Wildman–Crippen MR) is 76.8 cm³/mol. The molecule has 1 saturated heterocycles. The summed E-state index contributed by atoms with van der Waals surface area (Å²) in [7, 11) is 1.29. The number of carbonyl (C=O) groups excluding carboxylic acids is 2. The van der Waals surface area contributed by atoms with E-state index in [0.717, 1.165) is 0 Å². The van der Waals surface area contributed by atoms with Gasteiger partial charge in [-0.2, -0.15) is 0 Å². The van der Waals surface area contributed by atoms with Crippen molar-refractivity contribution in [2.45, 2.75) is 6.10 Å². The van der Waals surface area contributed by atoms with E-state index in [1.54, 1.807) is 23.1 Å².